The fourth-order valence-electron chi connectivity index (χ4n) is 2.59. The normalized spacial score (nSPS) is 10.8. The summed E-state index contributed by atoms with van der Waals surface area (Å²) in [6.45, 7) is 6.89. The number of carbonyl (C=O) groups is 1. The summed E-state index contributed by atoms with van der Waals surface area (Å²) in [6, 6.07) is 10.1. The molecule has 2 aromatic heterocycles. The summed E-state index contributed by atoms with van der Waals surface area (Å²) < 4.78 is 2.00. The molecule has 27 heavy (non-hydrogen) atoms. The Kier molecular flexibility index (Phi) is 6.24. The van der Waals surface area contributed by atoms with Gasteiger partial charge in [-0.1, -0.05) is 24.8 Å². The van der Waals surface area contributed by atoms with Crippen LogP contribution in [-0.2, 0) is 4.79 Å². The van der Waals surface area contributed by atoms with Crippen molar-refractivity contribution < 1.29 is 4.79 Å². The number of carbonyl (C=O) groups excluding carboxylic acids is 1. The van der Waals surface area contributed by atoms with Gasteiger partial charge in [0.15, 0.2) is 11.0 Å². The topological polar surface area (TPSA) is 72.7 Å². The van der Waals surface area contributed by atoms with Gasteiger partial charge in [-0.3, -0.25) is 14.3 Å². The maximum Gasteiger partial charge on any atom is 0.230 e. The minimum absolute atomic E-state index is 0.00180. The van der Waals surface area contributed by atoms with Crippen molar-refractivity contribution in [3.05, 3.63) is 53.9 Å². The minimum atomic E-state index is 0.00180. The van der Waals surface area contributed by atoms with E-state index in [0.29, 0.717) is 17.5 Å². The summed E-state index contributed by atoms with van der Waals surface area (Å²) in [5, 5.41) is 12.3. The first-order valence-corrected chi connectivity index (χ1v) is 9.91. The first-order chi connectivity index (χ1) is 13.1. The zero-order valence-electron chi connectivity index (χ0n) is 15.8. The molecule has 6 nitrogen and oxygen atoms in total. The maximum absolute atomic E-state index is 12.0. The monoisotopic (exact) mass is 381 g/mol. The number of nitrogens with zero attached hydrogens (tertiary/aromatic N) is 4. The average molecular weight is 382 g/mol. The molecule has 0 aliphatic heterocycles. The van der Waals surface area contributed by atoms with Gasteiger partial charge in [0.2, 0.25) is 5.91 Å². The Morgan fingerprint density at radius 1 is 1.11 bits per heavy atom. The highest BCUT2D eigenvalue weighted by molar-refractivity contribution is 7.99. The lowest BCUT2D eigenvalue weighted by Crippen LogP contribution is -2.25. The predicted molar refractivity (Wildman–Crippen MR) is 108 cm³/mol. The zero-order valence-corrected chi connectivity index (χ0v) is 16.6. The molecule has 0 fully saturated rings. The van der Waals surface area contributed by atoms with Gasteiger partial charge in [-0.25, -0.2) is 0 Å². The van der Waals surface area contributed by atoms with E-state index in [2.05, 4.69) is 52.5 Å². The Balaban J connectivity index is 1.97. The first kappa shape index (κ1) is 19.1. The molecular formula is C20H23N5OS. The lowest BCUT2D eigenvalue weighted by molar-refractivity contribution is -0.118. The molecule has 0 radical (unpaired) electrons. The Hall–Kier alpha value is -2.67. The zero-order chi connectivity index (χ0) is 19.2. The van der Waals surface area contributed by atoms with Gasteiger partial charge in [-0.2, -0.15) is 0 Å². The van der Waals surface area contributed by atoms with Crippen molar-refractivity contribution in [3.63, 3.8) is 0 Å². The highest BCUT2D eigenvalue weighted by atomic mass is 32.2. The molecule has 0 bridgehead atoms. The smallest absolute Gasteiger partial charge is 0.230 e. The average Bonchev–Trinajstić information content (AvgIpc) is 3.11. The van der Waals surface area contributed by atoms with Crippen molar-refractivity contribution in [1.82, 2.24) is 25.1 Å². The lowest BCUT2D eigenvalue weighted by Gasteiger charge is -2.12. The van der Waals surface area contributed by atoms with E-state index in [9.17, 15) is 4.79 Å². The molecule has 0 aliphatic rings. The maximum atomic E-state index is 12.0. The van der Waals surface area contributed by atoms with Crippen molar-refractivity contribution in [2.45, 2.75) is 32.3 Å². The molecule has 0 saturated carbocycles. The molecular weight excluding hydrogens is 358 g/mol. The standard InChI is InChI=1S/C20H23N5OS/c1-4-9-22-18(26)13-27-20-24-23-19(16-7-10-21-11-8-16)25(20)17-6-5-14(2)15(3)12-17/h5-8,10-12H,4,9,13H2,1-3H3,(H,22,26). The Bertz CT molecular complexity index is 923. The van der Waals surface area contributed by atoms with Crippen LogP contribution in [0.3, 0.4) is 0 Å². The Labute approximate surface area is 163 Å². The SMILES string of the molecule is CCCNC(=O)CSc1nnc(-c2ccncc2)n1-c1ccc(C)c(C)c1. The first-order valence-electron chi connectivity index (χ1n) is 8.93. The van der Waals surface area contributed by atoms with Gasteiger partial charge in [-0.05, 0) is 55.7 Å². The van der Waals surface area contributed by atoms with Gasteiger partial charge in [0.25, 0.3) is 0 Å². The molecule has 0 spiro atoms. The van der Waals surface area contributed by atoms with E-state index >= 15 is 0 Å². The number of pyridine rings is 1. The summed E-state index contributed by atoms with van der Waals surface area (Å²) >= 11 is 1.39. The van der Waals surface area contributed by atoms with Gasteiger partial charge < -0.3 is 5.32 Å². The highest BCUT2D eigenvalue weighted by Crippen LogP contribution is 2.28. The Morgan fingerprint density at radius 3 is 2.59 bits per heavy atom. The van der Waals surface area contributed by atoms with Gasteiger partial charge in [0.05, 0.1) is 11.4 Å². The fourth-order valence-corrected chi connectivity index (χ4v) is 3.38. The number of benzene rings is 1. The predicted octanol–water partition coefficient (Wildman–Crippen LogP) is 3.56. The van der Waals surface area contributed by atoms with Crippen molar-refractivity contribution in [2.75, 3.05) is 12.3 Å². The van der Waals surface area contributed by atoms with Gasteiger partial charge in [-0.15, -0.1) is 10.2 Å². The van der Waals surface area contributed by atoms with Crippen LogP contribution in [0.2, 0.25) is 0 Å². The van der Waals surface area contributed by atoms with E-state index in [1.165, 1.54) is 22.9 Å². The van der Waals surface area contributed by atoms with E-state index in [1.807, 2.05) is 23.6 Å². The lowest BCUT2D eigenvalue weighted by atomic mass is 10.1. The molecule has 0 aliphatic carbocycles. The van der Waals surface area contributed by atoms with Crippen LogP contribution in [0.4, 0.5) is 0 Å². The van der Waals surface area contributed by atoms with Gasteiger partial charge in [0.1, 0.15) is 0 Å². The number of amides is 1. The Morgan fingerprint density at radius 2 is 1.89 bits per heavy atom. The van der Waals surface area contributed by atoms with E-state index in [0.717, 1.165) is 23.5 Å². The second-order valence-corrected chi connectivity index (χ2v) is 7.23. The third kappa shape index (κ3) is 4.54. The van der Waals surface area contributed by atoms with Crippen LogP contribution in [0, 0.1) is 13.8 Å². The number of hydrogen-bond acceptors (Lipinski definition) is 5. The molecule has 1 N–H and O–H groups in total. The molecule has 140 valence electrons. The van der Waals surface area contributed by atoms with Gasteiger partial charge >= 0.3 is 0 Å². The van der Waals surface area contributed by atoms with Crippen LogP contribution in [0.15, 0.2) is 47.9 Å². The van der Waals surface area contributed by atoms with Gasteiger partial charge in [0, 0.05) is 24.5 Å². The molecule has 1 amide bonds. The van der Waals surface area contributed by atoms with E-state index < -0.39 is 0 Å². The molecule has 2 heterocycles. The molecule has 0 atom stereocenters. The number of hydrogen-bond donors (Lipinski definition) is 1. The van der Waals surface area contributed by atoms with Crippen molar-refractivity contribution >= 4 is 17.7 Å². The number of aromatic nitrogens is 4. The third-order valence-corrected chi connectivity index (χ3v) is 5.15. The molecule has 3 rings (SSSR count). The largest absolute Gasteiger partial charge is 0.355 e. The summed E-state index contributed by atoms with van der Waals surface area (Å²) in [4.78, 5) is 16.1. The van der Waals surface area contributed by atoms with E-state index in [1.54, 1.807) is 12.4 Å². The molecule has 0 unspecified atom stereocenters. The molecule has 0 saturated heterocycles. The van der Waals surface area contributed by atoms with Crippen LogP contribution in [-0.4, -0.2) is 38.0 Å². The van der Waals surface area contributed by atoms with Crippen molar-refractivity contribution in [2.24, 2.45) is 0 Å². The number of rotatable bonds is 7. The molecule has 1 aromatic carbocycles. The van der Waals surface area contributed by atoms with Crippen LogP contribution >= 0.6 is 11.8 Å². The van der Waals surface area contributed by atoms with Crippen LogP contribution < -0.4 is 5.32 Å². The third-order valence-electron chi connectivity index (χ3n) is 4.23. The van der Waals surface area contributed by atoms with E-state index in [4.69, 9.17) is 0 Å². The summed E-state index contributed by atoms with van der Waals surface area (Å²) in [5.74, 6) is 1.04. The number of thioether (sulfide) groups is 1. The minimum Gasteiger partial charge on any atom is -0.355 e. The van der Waals surface area contributed by atoms with Crippen molar-refractivity contribution in [3.8, 4) is 17.1 Å². The number of nitrogens with one attached hydrogen (secondary N) is 1. The van der Waals surface area contributed by atoms with Crippen LogP contribution in [0.25, 0.3) is 17.1 Å². The van der Waals surface area contributed by atoms with Crippen LogP contribution in [0.1, 0.15) is 24.5 Å². The summed E-state index contributed by atoms with van der Waals surface area (Å²) in [6.07, 6.45) is 4.39. The molecule has 7 heteroatoms. The quantitative estimate of drug-likeness (QED) is 0.634. The second-order valence-electron chi connectivity index (χ2n) is 6.28. The summed E-state index contributed by atoms with van der Waals surface area (Å²) in [5.41, 5.74) is 4.33. The second kappa shape index (κ2) is 8.81. The van der Waals surface area contributed by atoms with E-state index in [-0.39, 0.29) is 5.91 Å². The highest BCUT2D eigenvalue weighted by Gasteiger charge is 2.17. The van der Waals surface area contributed by atoms with Crippen molar-refractivity contribution in [1.29, 1.82) is 0 Å². The summed E-state index contributed by atoms with van der Waals surface area (Å²) in [7, 11) is 0. The fraction of sp³-hybridized carbons (Fsp3) is 0.300. The number of aryl methyl sites for hydroxylation is 2. The molecule has 3 aromatic rings. The van der Waals surface area contributed by atoms with Crippen LogP contribution in [0.5, 0.6) is 0 Å².